The number of fused-ring (bicyclic) bond motifs is 1. The zero-order valence-electron chi connectivity index (χ0n) is 6.92. The van der Waals surface area contributed by atoms with Crippen LogP contribution in [0, 0.1) is 0 Å². The van der Waals surface area contributed by atoms with Gasteiger partial charge in [0.25, 0.3) is 0 Å². The van der Waals surface area contributed by atoms with E-state index >= 15 is 0 Å². The van der Waals surface area contributed by atoms with E-state index in [2.05, 4.69) is 0 Å². The predicted octanol–water partition coefficient (Wildman–Crippen LogP) is 1.93. The molecule has 1 aromatic heterocycles. The maximum Gasteiger partial charge on any atom is 0.231 e. The van der Waals surface area contributed by atoms with E-state index in [4.69, 9.17) is 11.6 Å². The first-order valence-electron chi connectivity index (χ1n) is 4.12. The van der Waals surface area contributed by atoms with Crippen molar-refractivity contribution in [2.24, 2.45) is 0 Å². The van der Waals surface area contributed by atoms with Crippen molar-refractivity contribution in [1.82, 2.24) is 4.57 Å². The monoisotopic (exact) mass is 197 g/mol. The van der Waals surface area contributed by atoms with Crippen LogP contribution in [0.25, 0.3) is 0 Å². The van der Waals surface area contributed by atoms with Crippen molar-refractivity contribution in [1.29, 1.82) is 0 Å². The van der Waals surface area contributed by atoms with Crippen LogP contribution in [0.5, 0.6) is 0 Å². The molecule has 4 heteroatoms. The summed E-state index contributed by atoms with van der Waals surface area (Å²) in [5, 5.41) is 0.375. The summed E-state index contributed by atoms with van der Waals surface area (Å²) < 4.78 is 1.43. The van der Waals surface area contributed by atoms with E-state index in [1.165, 1.54) is 4.57 Å². The van der Waals surface area contributed by atoms with Crippen LogP contribution in [0.3, 0.4) is 0 Å². The molecule has 0 atom stereocenters. The van der Waals surface area contributed by atoms with Gasteiger partial charge in [0.1, 0.15) is 5.69 Å². The molecule has 0 fully saturated rings. The van der Waals surface area contributed by atoms with Crippen molar-refractivity contribution in [2.45, 2.75) is 19.3 Å². The Morgan fingerprint density at radius 2 is 2.23 bits per heavy atom. The smallest absolute Gasteiger partial charge is 0.231 e. The number of halogens is 1. The molecular weight excluding hydrogens is 190 g/mol. The molecule has 0 N–H and O–H groups in total. The third kappa shape index (κ3) is 1.20. The SMILES string of the molecule is O=Cc1c(Cl)cc2n1C(=O)CCC2. The van der Waals surface area contributed by atoms with Crippen LogP contribution in [-0.2, 0) is 6.42 Å². The molecule has 3 nitrogen and oxygen atoms in total. The first-order valence-corrected chi connectivity index (χ1v) is 4.50. The van der Waals surface area contributed by atoms with Gasteiger partial charge in [0, 0.05) is 12.1 Å². The van der Waals surface area contributed by atoms with E-state index < -0.39 is 0 Å². The number of rotatable bonds is 1. The van der Waals surface area contributed by atoms with Crippen molar-refractivity contribution < 1.29 is 9.59 Å². The molecule has 1 aromatic rings. The summed E-state index contributed by atoms with van der Waals surface area (Å²) in [4.78, 5) is 22.1. The highest BCUT2D eigenvalue weighted by atomic mass is 35.5. The number of carbonyl (C=O) groups excluding carboxylic acids is 2. The summed E-state index contributed by atoms with van der Waals surface area (Å²) >= 11 is 5.80. The summed E-state index contributed by atoms with van der Waals surface area (Å²) in [5.41, 5.74) is 1.14. The van der Waals surface area contributed by atoms with Crippen molar-refractivity contribution in [2.75, 3.05) is 0 Å². The van der Waals surface area contributed by atoms with Crippen LogP contribution < -0.4 is 0 Å². The third-order valence-corrected chi connectivity index (χ3v) is 2.55. The quantitative estimate of drug-likeness (QED) is 0.646. The highest BCUT2D eigenvalue weighted by Gasteiger charge is 2.21. The van der Waals surface area contributed by atoms with Crippen LogP contribution in [0.1, 0.15) is 33.8 Å². The van der Waals surface area contributed by atoms with E-state index in [9.17, 15) is 9.59 Å². The molecule has 0 spiro atoms. The van der Waals surface area contributed by atoms with Crippen molar-refractivity contribution >= 4 is 23.8 Å². The first kappa shape index (κ1) is 8.51. The normalized spacial score (nSPS) is 15.6. The zero-order valence-corrected chi connectivity index (χ0v) is 7.67. The number of hydrogen-bond acceptors (Lipinski definition) is 2. The van der Waals surface area contributed by atoms with Crippen LogP contribution in [0.15, 0.2) is 6.07 Å². The molecule has 0 bridgehead atoms. The summed E-state index contributed by atoms with van der Waals surface area (Å²) in [6.07, 6.45) is 2.80. The van der Waals surface area contributed by atoms with Gasteiger partial charge in [-0.3, -0.25) is 14.2 Å². The fraction of sp³-hybridized carbons (Fsp3) is 0.333. The van der Waals surface area contributed by atoms with Crippen LogP contribution in [0.4, 0.5) is 0 Å². The second kappa shape index (κ2) is 3.00. The fourth-order valence-corrected chi connectivity index (χ4v) is 1.92. The molecule has 0 aromatic carbocycles. The molecule has 0 saturated heterocycles. The van der Waals surface area contributed by atoms with Gasteiger partial charge >= 0.3 is 0 Å². The minimum absolute atomic E-state index is 0.0322. The minimum atomic E-state index is -0.0322. The molecule has 2 rings (SSSR count). The average Bonchev–Trinajstić information content (AvgIpc) is 2.42. The lowest BCUT2D eigenvalue weighted by Gasteiger charge is -2.13. The number of hydrogen-bond donors (Lipinski definition) is 0. The number of aldehydes is 1. The lowest BCUT2D eigenvalue weighted by atomic mass is 10.1. The lowest BCUT2D eigenvalue weighted by molar-refractivity contribution is 0.0873. The average molecular weight is 198 g/mol. The maximum atomic E-state index is 11.4. The zero-order chi connectivity index (χ0) is 9.42. The topological polar surface area (TPSA) is 39.1 Å². The highest BCUT2D eigenvalue weighted by Crippen LogP contribution is 2.25. The van der Waals surface area contributed by atoms with Gasteiger partial charge in [-0.25, -0.2) is 0 Å². The van der Waals surface area contributed by atoms with E-state index in [1.807, 2.05) is 0 Å². The Morgan fingerprint density at radius 1 is 1.46 bits per heavy atom. The second-order valence-electron chi connectivity index (χ2n) is 3.07. The van der Waals surface area contributed by atoms with Gasteiger partial charge in [-0.2, -0.15) is 0 Å². The first-order chi connectivity index (χ1) is 6.24. The number of aryl methyl sites for hydroxylation is 1. The summed E-state index contributed by atoms with van der Waals surface area (Å²) in [7, 11) is 0. The van der Waals surface area contributed by atoms with Gasteiger partial charge < -0.3 is 0 Å². The Balaban J connectivity index is 2.64. The molecule has 0 saturated carbocycles. The third-order valence-electron chi connectivity index (χ3n) is 2.25. The molecule has 1 aliphatic rings. The fourth-order valence-electron chi connectivity index (χ4n) is 1.67. The second-order valence-corrected chi connectivity index (χ2v) is 3.48. The molecule has 0 radical (unpaired) electrons. The van der Waals surface area contributed by atoms with E-state index in [-0.39, 0.29) is 5.91 Å². The largest absolute Gasteiger partial charge is 0.296 e. The molecule has 0 amide bonds. The molecule has 68 valence electrons. The summed E-state index contributed by atoms with van der Waals surface area (Å²) in [6, 6.07) is 1.70. The predicted molar refractivity (Wildman–Crippen MR) is 48.4 cm³/mol. The van der Waals surface area contributed by atoms with Crippen LogP contribution >= 0.6 is 11.6 Å². The molecule has 0 aliphatic carbocycles. The minimum Gasteiger partial charge on any atom is -0.296 e. The Labute approximate surface area is 80.3 Å². The van der Waals surface area contributed by atoms with Crippen molar-refractivity contribution in [3.63, 3.8) is 0 Å². The summed E-state index contributed by atoms with van der Waals surface area (Å²) in [6.45, 7) is 0. The molecule has 0 unspecified atom stereocenters. The highest BCUT2D eigenvalue weighted by molar-refractivity contribution is 6.33. The summed E-state index contributed by atoms with van der Waals surface area (Å²) in [5.74, 6) is -0.0322. The van der Waals surface area contributed by atoms with Crippen LogP contribution in [-0.4, -0.2) is 16.8 Å². The Kier molecular flexibility index (Phi) is 1.96. The molecule has 13 heavy (non-hydrogen) atoms. The molecule has 2 heterocycles. The number of carbonyl (C=O) groups is 2. The Bertz CT molecular complexity index is 381. The van der Waals surface area contributed by atoms with Gasteiger partial charge in [-0.15, -0.1) is 0 Å². The number of aromatic nitrogens is 1. The van der Waals surface area contributed by atoms with E-state index in [1.54, 1.807) is 6.07 Å². The number of nitrogens with zero attached hydrogens (tertiary/aromatic N) is 1. The Hall–Kier alpha value is -1.09. The standard InChI is InChI=1S/C9H8ClNO2/c10-7-4-6-2-1-3-9(13)11(6)8(7)5-12/h4-5H,1-3H2. The maximum absolute atomic E-state index is 11.4. The molecular formula is C9H8ClNO2. The van der Waals surface area contributed by atoms with Crippen molar-refractivity contribution in [3.8, 4) is 0 Å². The molecule has 1 aliphatic heterocycles. The van der Waals surface area contributed by atoms with Gasteiger partial charge in [0.15, 0.2) is 6.29 Å². The lowest BCUT2D eigenvalue weighted by Crippen LogP contribution is -2.20. The Morgan fingerprint density at radius 3 is 2.92 bits per heavy atom. The van der Waals surface area contributed by atoms with Gasteiger partial charge in [0.2, 0.25) is 5.91 Å². The van der Waals surface area contributed by atoms with Gasteiger partial charge in [0.05, 0.1) is 5.02 Å². The van der Waals surface area contributed by atoms with E-state index in [0.29, 0.717) is 23.4 Å². The van der Waals surface area contributed by atoms with Gasteiger partial charge in [-0.05, 0) is 18.9 Å². The van der Waals surface area contributed by atoms with Crippen molar-refractivity contribution in [3.05, 3.63) is 22.5 Å². The van der Waals surface area contributed by atoms with E-state index in [0.717, 1.165) is 18.5 Å². The van der Waals surface area contributed by atoms with Gasteiger partial charge in [-0.1, -0.05) is 11.6 Å². The van der Waals surface area contributed by atoms with Crippen LogP contribution in [0.2, 0.25) is 5.02 Å².